The van der Waals surface area contributed by atoms with Gasteiger partial charge in [-0.2, -0.15) is 0 Å². The maximum absolute atomic E-state index is 12.4. The third-order valence-electron chi connectivity index (χ3n) is 11.1. The number of piperidine rings is 1. The van der Waals surface area contributed by atoms with Crippen molar-refractivity contribution in [3.63, 3.8) is 0 Å². The van der Waals surface area contributed by atoms with Gasteiger partial charge in [-0.05, 0) is 121 Å². The molecule has 0 amide bonds. The van der Waals surface area contributed by atoms with Gasteiger partial charge in [0.05, 0.1) is 17.1 Å². The van der Waals surface area contributed by atoms with E-state index in [1.807, 2.05) is 13.8 Å². The summed E-state index contributed by atoms with van der Waals surface area (Å²) in [7, 11) is 0. The Morgan fingerprint density at radius 1 is 0.743 bits per heavy atom. The number of hydrogen-bond acceptors (Lipinski definition) is 4. The molecule has 0 aromatic heterocycles. The second-order valence-corrected chi connectivity index (χ2v) is 13.3. The number of carboxylic acid groups (broad SMARTS) is 1. The number of aliphatic hydroxyl groups excluding tert-OH is 1. The van der Waals surface area contributed by atoms with Crippen LogP contribution in [0.3, 0.4) is 0 Å². The third kappa shape index (κ3) is 6.09. The quantitative estimate of drug-likeness (QED) is 0.396. The number of aliphatic hydroxyl groups is 2. The van der Waals surface area contributed by atoms with Gasteiger partial charge in [-0.3, -0.25) is 4.79 Å². The highest BCUT2D eigenvalue weighted by molar-refractivity contribution is 5.74. The van der Waals surface area contributed by atoms with Crippen LogP contribution in [0.4, 0.5) is 0 Å². The highest BCUT2D eigenvalue weighted by atomic mass is 16.4. The molecular formula is C30H53NO4. The van der Waals surface area contributed by atoms with Crippen molar-refractivity contribution in [2.24, 2.45) is 35.0 Å². The van der Waals surface area contributed by atoms with Crippen molar-refractivity contribution in [1.29, 1.82) is 0 Å². The maximum Gasteiger partial charge on any atom is 0.309 e. The summed E-state index contributed by atoms with van der Waals surface area (Å²) in [6.45, 7) is 6.41. The lowest BCUT2D eigenvalue weighted by atomic mass is 9.59. The minimum absolute atomic E-state index is 0.205. The van der Waals surface area contributed by atoms with Crippen LogP contribution >= 0.6 is 0 Å². The highest BCUT2D eigenvalue weighted by Gasteiger charge is 2.50. The van der Waals surface area contributed by atoms with Crippen molar-refractivity contribution in [2.45, 2.75) is 128 Å². The Morgan fingerprint density at radius 2 is 1.20 bits per heavy atom. The van der Waals surface area contributed by atoms with E-state index < -0.39 is 17.0 Å². The maximum atomic E-state index is 12.4. The van der Waals surface area contributed by atoms with Gasteiger partial charge >= 0.3 is 5.97 Å². The van der Waals surface area contributed by atoms with E-state index in [2.05, 4.69) is 4.90 Å². The van der Waals surface area contributed by atoms with E-state index in [4.69, 9.17) is 0 Å². The molecule has 3 aliphatic carbocycles. The van der Waals surface area contributed by atoms with Gasteiger partial charge in [0.1, 0.15) is 0 Å². The van der Waals surface area contributed by atoms with Crippen LogP contribution in [-0.2, 0) is 4.79 Å². The average Bonchev–Trinajstić information content (AvgIpc) is 2.89. The Bertz CT molecular complexity index is 648. The summed E-state index contributed by atoms with van der Waals surface area (Å²) >= 11 is 0. The van der Waals surface area contributed by atoms with Crippen LogP contribution in [0.5, 0.6) is 0 Å². The number of β-amino-alcohol motifs (C(OH)–C–C–N with tert-alkyl or cyclic N) is 1. The van der Waals surface area contributed by atoms with Gasteiger partial charge in [0, 0.05) is 6.54 Å². The first kappa shape index (κ1) is 27.4. The molecule has 4 fully saturated rings. The SMILES string of the molecule is CC(C)(C(=O)O)C1CCC(C(O)CN2CCC(C(O)(C3CCCCC3)C3CCCCC3)CC2)CC1. The van der Waals surface area contributed by atoms with Crippen molar-refractivity contribution >= 4 is 5.97 Å². The minimum atomic E-state index is -0.703. The van der Waals surface area contributed by atoms with Gasteiger partial charge in [-0.15, -0.1) is 0 Å². The van der Waals surface area contributed by atoms with E-state index in [-0.39, 0.29) is 17.9 Å². The highest BCUT2D eigenvalue weighted by Crippen LogP contribution is 2.49. The predicted molar refractivity (Wildman–Crippen MR) is 140 cm³/mol. The van der Waals surface area contributed by atoms with Crippen molar-refractivity contribution in [3.05, 3.63) is 0 Å². The lowest BCUT2D eigenvalue weighted by molar-refractivity contribution is -0.151. The van der Waals surface area contributed by atoms with Gasteiger partial charge in [0.25, 0.3) is 0 Å². The van der Waals surface area contributed by atoms with Gasteiger partial charge in [-0.25, -0.2) is 0 Å². The summed E-state index contributed by atoms with van der Waals surface area (Å²) in [4.78, 5) is 14.1. The first-order valence-electron chi connectivity index (χ1n) is 15.1. The molecule has 5 heteroatoms. The molecule has 3 saturated carbocycles. The average molecular weight is 492 g/mol. The lowest BCUT2D eigenvalue weighted by Crippen LogP contribution is -2.56. The molecule has 202 valence electrons. The van der Waals surface area contributed by atoms with E-state index in [0.717, 1.165) is 58.2 Å². The van der Waals surface area contributed by atoms with E-state index >= 15 is 0 Å². The molecule has 1 atom stereocenters. The number of carbonyl (C=O) groups is 1. The van der Waals surface area contributed by atoms with Crippen LogP contribution in [0.1, 0.15) is 117 Å². The largest absolute Gasteiger partial charge is 0.481 e. The summed E-state index contributed by atoms with van der Waals surface area (Å²) in [5.74, 6) is 1.19. The fourth-order valence-corrected chi connectivity index (χ4v) is 8.52. The van der Waals surface area contributed by atoms with E-state index in [0.29, 0.717) is 17.8 Å². The van der Waals surface area contributed by atoms with Crippen LogP contribution in [0.15, 0.2) is 0 Å². The van der Waals surface area contributed by atoms with E-state index in [1.54, 1.807) is 0 Å². The molecule has 1 unspecified atom stereocenters. The van der Waals surface area contributed by atoms with Crippen molar-refractivity contribution in [3.8, 4) is 0 Å². The zero-order valence-electron chi connectivity index (χ0n) is 22.6. The Balaban J connectivity index is 1.29. The summed E-state index contributed by atoms with van der Waals surface area (Å²) in [6.07, 6.45) is 18.2. The van der Waals surface area contributed by atoms with Crippen molar-refractivity contribution in [2.75, 3.05) is 19.6 Å². The van der Waals surface area contributed by atoms with Crippen LogP contribution in [-0.4, -0.2) is 57.5 Å². The Labute approximate surface area is 214 Å². The minimum Gasteiger partial charge on any atom is -0.481 e. The van der Waals surface area contributed by atoms with Gasteiger partial charge in [0.15, 0.2) is 0 Å². The van der Waals surface area contributed by atoms with Crippen LogP contribution in [0.2, 0.25) is 0 Å². The molecule has 4 rings (SSSR count). The van der Waals surface area contributed by atoms with Gasteiger partial charge in [0.2, 0.25) is 0 Å². The first-order chi connectivity index (χ1) is 16.7. The molecule has 0 aromatic carbocycles. The Morgan fingerprint density at radius 3 is 1.66 bits per heavy atom. The topological polar surface area (TPSA) is 81.0 Å². The third-order valence-corrected chi connectivity index (χ3v) is 11.1. The van der Waals surface area contributed by atoms with Crippen molar-refractivity contribution < 1.29 is 20.1 Å². The van der Waals surface area contributed by atoms with Gasteiger partial charge < -0.3 is 20.2 Å². The molecule has 5 nitrogen and oxygen atoms in total. The van der Waals surface area contributed by atoms with Crippen molar-refractivity contribution in [1.82, 2.24) is 4.90 Å². The smallest absolute Gasteiger partial charge is 0.309 e. The molecule has 4 aliphatic rings. The molecular weight excluding hydrogens is 438 g/mol. The van der Waals surface area contributed by atoms with E-state index in [1.165, 1.54) is 64.2 Å². The molecule has 1 aliphatic heterocycles. The molecule has 0 spiro atoms. The summed E-state index contributed by atoms with van der Waals surface area (Å²) in [5.41, 5.74) is -1.15. The van der Waals surface area contributed by atoms with Crippen LogP contribution < -0.4 is 0 Å². The summed E-state index contributed by atoms with van der Waals surface area (Å²) < 4.78 is 0. The molecule has 3 N–H and O–H groups in total. The normalized spacial score (nSPS) is 30.3. The molecule has 35 heavy (non-hydrogen) atoms. The molecule has 0 radical (unpaired) electrons. The zero-order chi connectivity index (χ0) is 25.1. The monoisotopic (exact) mass is 491 g/mol. The molecule has 1 saturated heterocycles. The van der Waals surface area contributed by atoms with Crippen LogP contribution in [0.25, 0.3) is 0 Å². The Kier molecular flexibility index (Phi) is 9.25. The van der Waals surface area contributed by atoms with E-state index in [9.17, 15) is 20.1 Å². The van der Waals surface area contributed by atoms with Crippen LogP contribution in [0, 0.1) is 35.0 Å². The number of hydrogen-bond donors (Lipinski definition) is 3. The first-order valence-corrected chi connectivity index (χ1v) is 15.1. The Hall–Kier alpha value is -0.650. The fourth-order valence-electron chi connectivity index (χ4n) is 8.52. The second kappa shape index (κ2) is 11.8. The van der Waals surface area contributed by atoms with Gasteiger partial charge in [-0.1, -0.05) is 38.5 Å². The summed E-state index contributed by atoms with van der Waals surface area (Å²) in [6, 6.07) is 0. The zero-order valence-corrected chi connectivity index (χ0v) is 22.6. The molecule has 0 bridgehead atoms. The number of rotatable bonds is 8. The number of carboxylic acids is 1. The predicted octanol–water partition coefficient (Wildman–Crippen LogP) is 5.87. The molecule has 0 aromatic rings. The second-order valence-electron chi connectivity index (χ2n) is 13.3. The number of aliphatic carboxylic acids is 1. The fraction of sp³-hybridized carbons (Fsp3) is 0.967. The lowest BCUT2D eigenvalue weighted by Gasteiger charge is -2.52. The number of nitrogens with zero attached hydrogens (tertiary/aromatic N) is 1. The standard InChI is InChI=1S/C30H53NO4/c1-29(2,28(33)34)23-15-13-22(14-16-23)27(32)21-31-19-17-26(18-20-31)30(35,24-9-5-3-6-10-24)25-11-7-4-8-12-25/h22-27,32,35H,3-21H2,1-2H3,(H,33,34). The number of likely N-dealkylation sites (tertiary alicyclic amines) is 1. The summed E-state index contributed by atoms with van der Waals surface area (Å²) in [5, 5.41) is 33.0. The molecule has 1 heterocycles.